The fraction of sp³-hybridized carbons (Fsp3) is 0.176. The largest absolute Gasteiger partial charge is 0.358 e. The van der Waals surface area contributed by atoms with E-state index < -0.39 is 0 Å². The Hall–Kier alpha value is -2.62. The molecule has 0 fully saturated rings. The molecule has 4 nitrogen and oxygen atoms in total. The molecule has 0 radical (unpaired) electrons. The van der Waals surface area contributed by atoms with Crippen LogP contribution in [0.3, 0.4) is 0 Å². The highest BCUT2D eigenvalue weighted by molar-refractivity contribution is 6.08. The van der Waals surface area contributed by atoms with Crippen LogP contribution in [0.4, 0.5) is 0 Å². The van der Waals surface area contributed by atoms with Gasteiger partial charge in [-0.25, -0.2) is 0 Å². The van der Waals surface area contributed by atoms with E-state index in [0.29, 0.717) is 6.54 Å². The van der Waals surface area contributed by atoms with Gasteiger partial charge in [-0.15, -0.1) is 0 Å². The van der Waals surface area contributed by atoms with Crippen molar-refractivity contribution >= 4 is 16.8 Å². The van der Waals surface area contributed by atoms with Gasteiger partial charge in [-0.3, -0.25) is 9.78 Å². The van der Waals surface area contributed by atoms with Crippen molar-refractivity contribution in [3.05, 3.63) is 65.1 Å². The maximum Gasteiger partial charge on any atom is 0.253 e. The number of benzene rings is 1. The second-order valence-corrected chi connectivity index (χ2v) is 5.21. The van der Waals surface area contributed by atoms with Gasteiger partial charge in [0.15, 0.2) is 0 Å². The van der Waals surface area contributed by atoms with Gasteiger partial charge >= 0.3 is 0 Å². The first kappa shape index (κ1) is 13.4. The third kappa shape index (κ3) is 2.65. The Morgan fingerprint density at radius 2 is 1.95 bits per heavy atom. The number of aryl methyl sites for hydroxylation is 2. The molecule has 2 N–H and O–H groups in total. The molecule has 0 bridgehead atoms. The van der Waals surface area contributed by atoms with Crippen LogP contribution in [-0.4, -0.2) is 15.9 Å². The predicted molar refractivity (Wildman–Crippen MR) is 83.2 cm³/mol. The molecular weight excluding hydrogens is 262 g/mol. The third-order valence-electron chi connectivity index (χ3n) is 3.57. The summed E-state index contributed by atoms with van der Waals surface area (Å²) in [5.41, 5.74) is 4.79. The van der Waals surface area contributed by atoms with Gasteiger partial charge in [-0.2, -0.15) is 0 Å². The van der Waals surface area contributed by atoms with Gasteiger partial charge in [0.1, 0.15) is 0 Å². The average Bonchev–Trinajstić information content (AvgIpc) is 2.81. The van der Waals surface area contributed by atoms with Gasteiger partial charge < -0.3 is 10.3 Å². The summed E-state index contributed by atoms with van der Waals surface area (Å²) in [5.74, 6) is -0.0545. The van der Waals surface area contributed by atoms with E-state index in [1.807, 2.05) is 44.2 Å². The van der Waals surface area contributed by atoms with E-state index >= 15 is 0 Å². The lowest BCUT2D eigenvalue weighted by molar-refractivity contribution is 0.0952. The molecule has 0 spiro atoms. The van der Waals surface area contributed by atoms with Gasteiger partial charge in [0.25, 0.3) is 5.91 Å². The molecule has 0 aliphatic carbocycles. The number of hydrogen-bond donors (Lipinski definition) is 2. The molecule has 1 aromatic carbocycles. The SMILES string of the molecule is Cc1ccc2[nH]c(C)c(C(=O)NCc3ccncc3)c2c1. The third-order valence-corrected chi connectivity index (χ3v) is 3.57. The van der Waals surface area contributed by atoms with Gasteiger partial charge in [0.05, 0.1) is 5.56 Å². The van der Waals surface area contributed by atoms with Crippen LogP contribution in [0.15, 0.2) is 42.7 Å². The van der Waals surface area contributed by atoms with Crippen LogP contribution >= 0.6 is 0 Å². The lowest BCUT2D eigenvalue weighted by Crippen LogP contribution is -2.23. The molecule has 21 heavy (non-hydrogen) atoms. The zero-order valence-electron chi connectivity index (χ0n) is 12.1. The monoisotopic (exact) mass is 279 g/mol. The number of hydrogen-bond acceptors (Lipinski definition) is 2. The van der Waals surface area contributed by atoms with Gasteiger partial charge in [-0.1, -0.05) is 11.6 Å². The van der Waals surface area contributed by atoms with E-state index in [9.17, 15) is 4.79 Å². The first-order valence-electron chi connectivity index (χ1n) is 6.91. The Morgan fingerprint density at radius 1 is 1.19 bits per heavy atom. The number of nitrogens with zero attached hydrogens (tertiary/aromatic N) is 1. The van der Waals surface area contributed by atoms with E-state index in [-0.39, 0.29) is 5.91 Å². The van der Waals surface area contributed by atoms with Crippen LogP contribution in [0.5, 0.6) is 0 Å². The smallest absolute Gasteiger partial charge is 0.253 e. The Morgan fingerprint density at radius 3 is 2.71 bits per heavy atom. The Labute approximate surface area is 123 Å². The maximum atomic E-state index is 12.5. The van der Waals surface area contributed by atoms with Crippen molar-refractivity contribution in [2.75, 3.05) is 0 Å². The molecule has 0 aliphatic heterocycles. The first-order chi connectivity index (χ1) is 10.1. The van der Waals surface area contributed by atoms with E-state index in [0.717, 1.165) is 33.3 Å². The zero-order chi connectivity index (χ0) is 14.8. The normalized spacial score (nSPS) is 10.8. The van der Waals surface area contributed by atoms with Crippen LogP contribution in [0.2, 0.25) is 0 Å². The summed E-state index contributed by atoms with van der Waals surface area (Å²) in [6, 6.07) is 9.88. The van der Waals surface area contributed by atoms with Crippen molar-refractivity contribution in [1.82, 2.24) is 15.3 Å². The minimum absolute atomic E-state index is 0.0545. The summed E-state index contributed by atoms with van der Waals surface area (Å²) in [4.78, 5) is 19.7. The van der Waals surface area contributed by atoms with Crippen LogP contribution in [0.25, 0.3) is 10.9 Å². The average molecular weight is 279 g/mol. The summed E-state index contributed by atoms with van der Waals surface area (Å²) in [6.45, 7) is 4.45. The number of rotatable bonds is 3. The van der Waals surface area contributed by atoms with Gasteiger partial charge in [0.2, 0.25) is 0 Å². The predicted octanol–water partition coefficient (Wildman–Crippen LogP) is 3.11. The minimum atomic E-state index is -0.0545. The summed E-state index contributed by atoms with van der Waals surface area (Å²) in [7, 11) is 0. The summed E-state index contributed by atoms with van der Waals surface area (Å²) >= 11 is 0. The minimum Gasteiger partial charge on any atom is -0.358 e. The fourth-order valence-corrected chi connectivity index (χ4v) is 2.50. The molecule has 2 heterocycles. The zero-order valence-corrected chi connectivity index (χ0v) is 12.1. The number of nitrogens with one attached hydrogen (secondary N) is 2. The lowest BCUT2D eigenvalue weighted by atomic mass is 10.1. The quantitative estimate of drug-likeness (QED) is 0.774. The standard InChI is InChI=1S/C17H17N3O/c1-11-3-4-15-14(9-11)16(12(2)20-15)17(21)19-10-13-5-7-18-8-6-13/h3-9,20H,10H2,1-2H3,(H,19,21). The van der Waals surface area contributed by atoms with Crippen molar-refractivity contribution in [3.63, 3.8) is 0 Å². The molecule has 0 unspecified atom stereocenters. The lowest BCUT2D eigenvalue weighted by Gasteiger charge is -2.05. The highest BCUT2D eigenvalue weighted by Crippen LogP contribution is 2.23. The molecule has 0 saturated carbocycles. The molecule has 0 saturated heterocycles. The van der Waals surface area contributed by atoms with Crippen LogP contribution in [0, 0.1) is 13.8 Å². The molecule has 1 amide bonds. The first-order valence-corrected chi connectivity index (χ1v) is 6.91. The van der Waals surface area contributed by atoms with Crippen molar-refractivity contribution in [2.24, 2.45) is 0 Å². The molecule has 4 heteroatoms. The molecule has 106 valence electrons. The van der Waals surface area contributed by atoms with E-state index in [4.69, 9.17) is 0 Å². The Bertz CT molecular complexity index is 790. The van der Waals surface area contributed by atoms with Crippen molar-refractivity contribution in [1.29, 1.82) is 0 Å². The number of aromatic amines is 1. The summed E-state index contributed by atoms with van der Waals surface area (Å²) in [5, 5.41) is 3.94. The van der Waals surface area contributed by atoms with E-state index in [1.54, 1.807) is 12.4 Å². The fourth-order valence-electron chi connectivity index (χ4n) is 2.50. The van der Waals surface area contributed by atoms with Crippen LogP contribution in [0.1, 0.15) is 27.2 Å². The molecule has 2 aromatic heterocycles. The highest BCUT2D eigenvalue weighted by Gasteiger charge is 2.15. The van der Waals surface area contributed by atoms with Crippen molar-refractivity contribution < 1.29 is 4.79 Å². The molecule has 0 aliphatic rings. The number of carbonyl (C=O) groups excluding carboxylic acids is 1. The molecule has 3 aromatic rings. The summed E-state index contributed by atoms with van der Waals surface area (Å²) in [6.07, 6.45) is 3.45. The second-order valence-electron chi connectivity index (χ2n) is 5.21. The van der Waals surface area contributed by atoms with E-state index in [2.05, 4.69) is 15.3 Å². The Balaban J connectivity index is 1.87. The Kier molecular flexibility index (Phi) is 3.44. The number of pyridine rings is 1. The summed E-state index contributed by atoms with van der Waals surface area (Å²) < 4.78 is 0. The molecule has 3 rings (SSSR count). The topological polar surface area (TPSA) is 57.8 Å². The van der Waals surface area contributed by atoms with Gasteiger partial charge in [0, 0.05) is 35.5 Å². The number of H-pyrrole nitrogens is 1. The molecule has 0 atom stereocenters. The number of carbonyl (C=O) groups is 1. The van der Waals surface area contributed by atoms with Crippen LogP contribution in [-0.2, 0) is 6.54 Å². The highest BCUT2D eigenvalue weighted by atomic mass is 16.1. The number of fused-ring (bicyclic) bond motifs is 1. The maximum absolute atomic E-state index is 12.5. The van der Waals surface area contributed by atoms with Crippen molar-refractivity contribution in [3.8, 4) is 0 Å². The second kappa shape index (κ2) is 5.40. The number of aromatic nitrogens is 2. The van der Waals surface area contributed by atoms with Crippen molar-refractivity contribution in [2.45, 2.75) is 20.4 Å². The molecular formula is C17H17N3O. The number of amides is 1. The van der Waals surface area contributed by atoms with E-state index in [1.165, 1.54) is 0 Å². The van der Waals surface area contributed by atoms with Crippen LogP contribution < -0.4 is 5.32 Å². The van der Waals surface area contributed by atoms with Gasteiger partial charge in [-0.05, 0) is 43.7 Å².